The minimum atomic E-state index is -0.138. The van der Waals surface area contributed by atoms with Crippen LogP contribution in [0.1, 0.15) is 41.3 Å². The molecule has 3 aromatic carbocycles. The quantitative estimate of drug-likeness (QED) is 0.546. The van der Waals surface area contributed by atoms with Crippen molar-refractivity contribution in [1.82, 2.24) is 0 Å². The number of benzene rings is 3. The molecule has 0 atom stereocenters. The summed E-state index contributed by atoms with van der Waals surface area (Å²) >= 11 is 6.14. The highest BCUT2D eigenvalue weighted by atomic mass is 35.5. The van der Waals surface area contributed by atoms with E-state index in [4.69, 9.17) is 16.3 Å². The van der Waals surface area contributed by atoms with E-state index in [1.165, 1.54) is 0 Å². The number of para-hydroxylation sites is 1. The van der Waals surface area contributed by atoms with Gasteiger partial charge in [-0.1, -0.05) is 61.8 Å². The molecular weight excluding hydrogens is 358 g/mol. The lowest BCUT2D eigenvalue weighted by atomic mass is 10.0. The van der Waals surface area contributed by atoms with Crippen molar-refractivity contribution >= 4 is 23.2 Å². The molecule has 0 saturated heterocycles. The topological polar surface area (TPSA) is 38.3 Å². The molecule has 0 radical (unpaired) electrons. The molecule has 3 aromatic rings. The number of nitrogens with one attached hydrogen (secondary N) is 1. The number of ether oxygens (including phenoxy) is 1. The third-order valence-electron chi connectivity index (χ3n) is 4.30. The Labute approximate surface area is 164 Å². The third-order valence-corrected chi connectivity index (χ3v) is 4.67. The lowest BCUT2D eigenvalue weighted by Crippen LogP contribution is -2.13. The lowest BCUT2D eigenvalue weighted by Gasteiger charge is -2.14. The van der Waals surface area contributed by atoms with Gasteiger partial charge in [0.05, 0.1) is 0 Å². The molecule has 0 spiro atoms. The van der Waals surface area contributed by atoms with E-state index in [0.717, 1.165) is 16.8 Å². The zero-order valence-electron chi connectivity index (χ0n) is 15.4. The van der Waals surface area contributed by atoms with Crippen LogP contribution in [0.2, 0.25) is 5.02 Å². The summed E-state index contributed by atoms with van der Waals surface area (Å²) in [5.41, 5.74) is 3.46. The van der Waals surface area contributed by atoms with Crippen LogP contribution in [0.15, 0.2) is 72.8 Å². The van der Waals surface area contributed by atoms with Gasteiger partial charge in [0.2, 0.25) is 0 Å². The smallest absolute Gasteiger partial charge is 0.255 e. The Morgan fingerprint density at radius 1 is 0.963 bits per heavy atom. The van der Waals surface area contributed by atoms with Crippen molar-refractivity contribution in [2.24, 2.45) is 0 Å². The molecule has 138 valence electrons. The molecule has 0 aromatic heterocycles. The number of halogens is 1. The van der Waals surface area contributed by atoms with Crippen LogP contribution in [-0.2, 0) is 6.61 Å². The fourth-order valence-electron chi connectivity index (χ4n) is 2.79. The van der Waals surface area contributed by atoms with Gasteiger partial charge in [0, 0.05) is 21.8 Å². The Morgan fingerprint density at radius 3 is 2.33 bits per heavy atom. The van der Waals surface area contributed by atoms with E-state index in [0.29, 0.717) is 28.9 Å². The van der Waals surface area contributed by atoms with Gasteiger partial charge in [-0.05, 0) is 47.9 Å². The van der Waals surface area contributed by atoms with Crippen LogP contribution < -0.4 is 10.1 Å². The number of hydrogen-bond acceptors (Lipinski definition) is 2. The number of carbonyl (C=O) groups is 1. The fourth-order valence-corrected chi connectivity index (χ4v) is 2.98. The van der Waals surface area contributed by atoms with E-state index < -0.39 is 0 Å². The highest BCUT2D eigenvalue weighted by Crippen LogP contribution is 2.24. The summed E-state index contributed by atoms with van der Waals surface area (Å²) in [4.78, 5) is 12.6. The maximum absolute atomic E-state index is 12.6. The zero-order valence-corrected chi connectivity index (χ0v) is 16.2. The van der Waals surface area contributed by atoms with E-state index in [1.54, 1.807) is 24.3 Å². The molecule has 0 heterocycles. The van der Waals surface area contributed by atoms with Gasteiger partial charge in [-0.25, -0.2) is 0 Å². The molecule has 1 N–H and O–H groups in total. The van der Waals surface area contributed by atoms with Gasteiger partial charge in [-0.15, -0.1) is 0 Å². The second-order valence-electron chi connectivity index (χ2n) is 6.60. The SMILES string of the molecule is CC(C)c1ccccc1NC(=O)c1ccc(OCc2ccccc2Cl)cc1. The van der Waals surface area contributed by atoms with Crippen LogP contribution in [0.4, 0.5) is 5.69 Å². The molecule has 0 unspecified atom stereocenters. The third kappa shape index (κ3) is 4.89. The summed E-state index contributed by atoms with van der Waals surface area (Å²) in [7, 11) is 0. The van der Waals surface area contributed by atoms with Gasteiger partial charge in [0.1, 0.15) is 12.4 Å². The Morgan fingerprint density at radius 2 is 1.63 bits per heavy atom. The number of amides is 1. The largest absolute Gasteiger partial charge is 0.489 e. The molecule has 27 heavy (non-hydrogen) atoms. The average Bonchev–Trinajstić information content (AvgIpc) is 2.68. The first-order chi connectivity index (χ1) is 13.0. The van der Waals surface area contributed by atoms with Gasteiger partial charge in [0.25, 0.3) is 5.91 Å². The van der Waals surface area contributed by atoms with Crippen molar-refractivity contribution in [1.29, 1.82) is 0 Å². The molecule has 1 amide bonds. The zero-order chi connectivity index (χ0) is 19.2. The van der Waals surface area contributed by atoms with E-state index in [2.05, 4.69) is 19.2 Å². The van der Waals surface area contributed by atoms with Crippen molar-refractivity contribution in [3.63, 3.8) is 0 Å². The predicted octanol–water partition coefficient (Wildman–Crippen LogP) is 6.29. The van der Waals surface area contributed by atoms with Crippen LogP contribution in [0, 0.1) is 0 Å². The molecule has 3 rings (SSSR count). The second-order valence-corrected chi connectivity index (χ2v) is 7.01. The summed E-state index contributed by atoms with van der Waals surface area (Å²) < 4.78 is 5.76. The summed E-state index contributed by atoms with van der Waals surface area (Å²) in [5, 5.41) is 3.67. The van der Waals surface area contributed by atoms with E-state index in [-0.39, 0.29) is 5.91 Å². The minimum absolute atomic E-state index is 0.138. The van der Waals surface area contributed by atoms with Gasteiger partial charge in [-0.3, -0.25) is 4.79 Å². The minimum Gasteiger partial charge on any atom is -0.489 e. The van der Waals surface area contributed by atoms with Gasteiger partial charge >= 0.3 is 0 Å². The number of hydrogen-bond donors (Lipinski definition) is 1. The predicted molar refractivity (Wildman–Crippen MR) is 111 cm³/mol. The standard InChI is InChI=1S/C23H22ClNO2/c1-16(2)20-8-4-6-10-22(20)25-23(26)17-11-13-19(14-12-17)27-15-18-7-3-5-9-21(18)24/h3-14,16H,15H2,1-2H3,(H,25,26). The normalized spacial score (nSPS) is 10.7. The number of anilines is 1. The molecule has 0 bridgehead atoms. The van der Waals surface area contributed by atoms with Crippen molar-refractivity contribution in [2.75, 3.05) is 5.32 Å². The monoisotopic (exact) mass is 379 g/mol. The first-order valence-electron chi connectivity index (χ1n) is 8.91. The van der Waals surface area contributed by atoms with E-state index in [9.17, 15) is 4.79 Å². The average molecular weight is 380 g/mol. The molecule has 4 heteroatoms. The van der Waals surface area contributed by atoms with Gasteiger partial charge in [0.15, 0.2) is 0 Å². The number of carbonyl (C=O) groups excluding carboxylic acids is 1. The number of rotatable bonds is 6. The molecule has 0 aliphatic carbocycles. The first kappa shape index (κ1) is 19.0. The Kier molecular flexibility index (Phi) is 6.15. The highest BCUT2D eigenvalue weighted by Gasteiger charge is 2.11. The van der Waals surface area contributed by atoms with Crippen LogP contribution >= 0.6 is 11.6 Å². The van der Waals surface area contributed by atoms with E-state index in [1.807, 2.05) is 48.5 Å². The molecule has 0 aliphatic rings. The Hall–Kier alpha value is -2.78. The summed E-state index contributed by atoms with van der Waals surface area (Å²) in [6, 6.07) is 22.5. The first-order valence-corrected chi connectivity index (χ1v) is 9.29. The Bertz CT molecular complexity index is 920. The van der Waals surface area contributed by atoms with Crippen LogP contribution in [0.3, 0.4) is 0 Å². The van der Waals surface area contributed by atoms with Crippen molar-refractivity contribution in [3.05, 3.63) is 94.5 Å². The van der Waals surface area contributed by atoms with Gasteiger partial charge in [-0.2, -0.15) is 0 Å². The van der Waals surface area contributed by atoms with Crippen molar-refractivity contribution in [2.45, 2.75) is 26.4 Å². The molecular formula is C23H22ClNO2. The summed E-state index contributed by atoms with van der Waals surface area (Å²) in [6.07, 6.45) is 0. The summed E-state index contributed by atoms with van der Waals surface area (Å²) in [5.74, 6) is 0.886. The molecule has 3 nitrogen and oxygen atoms in total. The van der Waals surface area contributed by atoms with Crippen LogP contribution in [-0.4, -0.2) is 5.91 Å². The molecule has 0 aliphatic heterocycles. The van der Waals surface area contributed by atoms with Gasteiger partial charge < -0.3 is 10.1 Å². The van der Waals surface area contributed by atoms with Crippen LogP contribution in [0.5, 0.6) is 5.75 Å². The van der Waals surface area contributed by atoms with Crippen molar-refractivity contribution in [3.8, 4) is 5.75 Å². The summed E-state index contributed by atoms with van der Waals surface area (Å²) in [6.45, 7) is 4.60. The van der Waals surface area contributed by atoms with E-state index >= 15 is 0 Å². The maximum atomic E-state index is 12.6. The Balaban J connectivity index is 1.65. The molecule has 0 saturated carbocycles. The fraction of sp³-hybridized carbons (Fsp3) is 0.174. The molecule has 0 fully saturated rings. The van der Waals surface area contributed by atoms with Crippen molar-refractivity contribution < 1.29 is 9.53 Å². The van der Waals surface area contributed by atoms with Crippen LogP contribution in [0.25, 0.3) is 0 Å². The lowest BCUT2D eigenvalue weighted by molar-refractivity contribution is 0.102. The highest BCUT2D eigenvalue weighted by molar-refractivity contribution is 6.31. The maximum Gasteiger partial charge on any atom is 0.255 e. The second kappa shape index (κ2) is 8.74.